The van der Waals surface area contributed by atoms with Crippen LogP contribution in [0.1, 0.15) is 81.2 Å². The Kier molecular flexibility index (Phi) is 7.45. The fourth-order valence-electron chi connectivity index (χ4n) is 3.80. The Labute approximate surface area is 158 Å². The molecule has 2 heteroatoms. The SMILES string of the molecule is CCCCCCCCCCNC1C(c2ccccn2)=Cc2ccccc21. The molecule has 2 nitrogen and oxygen atoms in total. The zero-order valence-corrected chi connectivity index (χ0v) is 16.1. The molecule has 1 aliphatic carbocycles. The minimum Gasteiger partial charge on any atom is -0.306 e. The Hall–Kier alpha value is -1.93. The van der Waals surface area contributed by atoms with Crippen molar-refractivity contribution >= 4 is 11.6 Å². The number of rotatable bonds is 11. The lowest BCUT2D eigenvalue weighted by atomic mass is 10.0. The quantitative estimate of drug-likeness (QED) is 0.475. The lowest BCUT2D eigenvalue weighted by molar-refractivity contribution is 0.544. The summed E-state index contributed by atoms with van der Waals surface area (Å²) in [7, 11) is 0. The van der Waals surface area contributed by atoms with Crippen LogP contribution in [0.25, 0.3) is 11.6 Å². The fraction of sp³-hybridized carbons (Fsp3) is 0.458. The highest BCUT2D eigenvalue weighted by Crippen LogP contribution is 2.39. The van der Waals surface area contributed by atoms with Gasteiger partial charge in [-0.25, -0.2) is 0 Å². The third-order valence-electron chi connectivity index (χ3n) is 5.27. The van der Waals surface area contributed by atoms with E-state index in [2.05, 4.69) is 59.7 Å². The summed E-state index contributed by atoms with van der Waals surface area (Å²) in [4.78, 5) is 4.58. The first-order valence-electron chi connectivity index (χ1n) is 10.4. The largest absolute Gasteiger partial charge is 0.306 e. The molecule has 1 aromatic carbocycles. The van der Waals surface area contributed by atoms with Gasteiger partial charge in [-0.1, -0.05) is 82.2 Å². The van der Waals surface area contributed by atoms with Crippen LogP contribution >= 0.6 is 0 Å². The summed E-state index contributed by atoms with van der Waals surface area (Å²) in [5, 5.41) is 3.79. The van der Waals surface area contributed by atoms with Crippen LogP contribution in [0, 0.1) is 0 Å². The van der Waals surface area contributed by atoms with E-state index in [1.54, 1.807) is 0 Å². The first kappa shape index (κ1) is 18.8. The molecule has 1 aliphatic rings. The van der Waals surface area contributed by atoms with Gasteiger partial charge in [0.25, 0.3) is 0 Å². The van der Waals surface area contributed by atoms with E-state index >= 15 is 0 Å². The van der Waals surface area contributed by atoms with Crippen molar-refractivity contribution in [2.24, 2.45) is 0 Å². The average molecular weight is 349 g/mol. The molecule has 0 bridgehead atoms. The van der Waals surface area contributed by atoms with Crippen molar-refractivity contribution < 1.29 is 0 Å². The predicted molar refractivity (Wildman–Crippen MR) is 112 cm³/mol. The maximum atomic E-state index is 4.58. The van der Waals surface area contributed by atoms with E-state index in [-0.39, 0.29) is 6.04 Å². The van der Waals surface area contributed by atoms with Crippen molar-refractivity contribution in [2.45, 2.75) is 64.3 Å². The molecule has 26 heavy (non-hydrogen) atoms. The topological polar surface area (TPSA) is 24.9 Å². The van der Waals surface area contributed by atoms with E-state index < -0.39 is 0 Å². The van der Waals surface area contributed by atoms with Crippen LogP contribution in [0.5, 0.6) is 0 Å². The lowest BCUT2D eigenvalue weighted by Gasteiger charge is -2.18. The number of pyridine rings is 1. The number of nitrogens with one attached hydrogen (secondary N) is 1. The summed E-state index contributed by atoms with van der Waals surface area (Å²) in [6.07, 6.45) is 15.1. The van der Waals surface area contributed by atoms with Crippen molar-refractivity contribution in [3.8, 4) is 0 Å². The lowest BCUT2D eigenvalue weighted by Crippen LogP contribution is -2.22. The summed E-state index contributed by atoms with van der Waals surface area (Å²) >= 11 is 0. The van der Waals surface area contributed by atoms with Gasteiger partial charge in [-0.05, 0) is 47.9 Å². The van der Waals surface area contributed by atoms with Crippen molar-refractivity contribution in [1.82, 2.24) is 10.3 Å². The molecule has 0 fully saturated rings. The molecule has 0 amide bonds. The van der Waals surface area contributed by atoms with E-state index in [4.69, 9.17) is 0 Å². The molecule has 0 aliphatic heterocycles. The van der Waals surface area contributed by atoms with E-state index in [9.17, 15) is 0 Å². The molecule has 138 valence electrons. The smallest absolute Gasteiger partial charge is 0.0681 e. The molecule has 3 rings (SSSR count). The molecule has 2 aromatic rings. The number of nitrogens with zero attached hydrogens (tertiary/aromatic N) is 1. The van der Waals surface area contributed by atoms with Gasteiger partial charge >= 0.3 is 0 Å². The molecule has 1 atom stereocenters. The highest BCUT2D eigenvalue weighted by Gasteiger charge is 2.25. The van der Waals surface area contributed by atoms with Crippen LogP contribution in [0.3, 0.4) is 0 Å². The van der Waals surface area contributed by atoms with Crippen molar-refractivity contribution in [2.75, 3.05) is 6.54 Å². The summed E-state index contributed by atoms with van der Waals surface area (Å²) in [5.41, 5.74) is 5.08. The molecule has 0 saturated heterocycles. The summed E-state index contributed by atoms with van der Waals surface area (Å²) in [5.74, 6) is 0. The second-order valence-electron chi connectivity index (χ2n) is 7.31. The van der Waals surface area contributed by atoms with Gasteiger partial charge in [0, 0.05) is 6.20 Å². The highest BCUT2D eigenvalue weighted by molar-refractivity contribution is 5.90. The standard InChI is InChI=1S/C24H32N2/c1-2-3-4-5-6-7-8-12-18-26-24-21-15-10-9-14-20(21)19-22(24)23-16-11-13-17-25-23/h9-11,13-17,19,24,26H,2-8,12,18H2,1H3. The van der Waals surface area contributed by atoms with Gasteiger partial charge < -0.3 is 5.32 Å². The molecule has 1 aromatic heterocycles. The van der Waals surface area contributed by atoms with E-state index in [0.29, 0.717) is 0 Å². The van der Waals surface area contributed by atoms with Crippen molar-refractivity contribution in [3.63, 3.8) is 0 Å². The number of hydrogen-bond acceptors (Lipinski definition) is 2. The second-order valence-corrected chi connectivity index (χ2v) is 7.31. The van der Waals surface area contributed by atoms with Crippen LogP contribution in [-0.4, -0.2) is 11.5 Å². The number of benzene rings is 1. The molecule has 0 spiro atoms. The predicted octanol–water partition coefficient (Wildman–Crippen LogP) is 6.41. The Bertz CT molecular complexity index is 690. The van der Waals surface area contributed by atoms with Gasteiger partial charge in [-0.2, -0.15) is 0 Å². The van der Waals surface area contributed by atoms with Crippen molar-refractivity contribution in [1.29, 1.82) is 0 Å². The third kappa shape index (κ3) is 5.04. The van der Waals surface area contributed by atoms with Gasteiger partial charge in [0.05, 0.1) is 11.7 Å². The van der Waals surface area contributed by atoms with Crippen LogP contribution < -0.4 is 5.32 Å². The van der Waals surface area contributed by atoms with E-state index in [1.165, 1.54) is 68.1 Å². The number of aromatic nitrogens is 1. The van der Waals surface area contributed by atoms with E-state index in [0.717, 1.165) is 12.2 Å². The maximum absolute atomic E-state index is 4.58. The number of fused-ring (bicyclic) bond motifs is 1. The third-order valence-corrected chi connectivity index (χ3v) is 5.27. The Morgan fingerprint density at radius 2 is 1.58 bits per heavy atom. The molecule has 1 N–H and O–H groups in total. The van der Waals surface area contributed by atoms with E-state index in [1.807, 2.05) is 12.3 Å². The zero-order chi connectivity index (χ0) is 18.0. The molecule has 1 heterocycles. The minimum absolute atomic E-state index is 0.269. The first-order chi connectivity index (χ1) is 12.9. The van der Waals surface area contributed by atoms with Gasteiger partial charge in [0.15, 0.2) is 0 Å². The molecule has 1 unspecified atom stereocenters. The monoisotopic (exact) mass is 348 g/mol. The van der Waals surface area contributed by atoms with Crippen LogP contribution in [0.2, 0.25) is 0 Å². The second kappa shape index (κ2) is 10.3. The molecule has 0 saturated carbocycles. The van der Waals surface area contributed by atoms with Crippen LogP contribution in [0.15, 0.2) is 48.7 Å². The van der Waals surface area contributed by atoms with Crippen LogP contribution in [-0.2, 0) is 0 Å². The zero-order valence-electron chi connectivity index (χ0n) is 16.1. The fourth-order valence-corrected chi connectivity index (χ4v) is 3.80. The maximum Gasteiger partial charge on any atom is 0.0681 e. The van der Waals surface area contributed by atoms with Crippen molar-refractivity contribution in [3.05, 3.63) is 65.5 Å². The number of unbranched alkanes of at least 4 members (excludes halogenated alkanes) is 7. The van der Waals surface area contributed by atoms with Gasteiger partial charge in [0.2, 0.25) is 0 Å². The van der Waals surface area contributed by atoms with Gasteiger partial charge in [-0.15, -0.1) is 0 Å². The summed E-state index contributed by atoms with van der Waals surface area (Å²) < 4.78 is 0. The highest BCUT2D eigenvalue weighted by atomic mass is 14.9. The molecule has 0 radical (unpaired) electrons. The molecular formula is C24H32N2. The Balaban J connectivity index is 1.50. The summed E-state index contributed by atoms with van der Waals surface area (Å²) in [6, 6.07) is 15.1. The number of hydrogen-bond donors (Lipinski definition) is 1. The van der Waals surface area contributed by atoms with Gasteiger partial charge in [0.1, 0.15) is 0 Å². The minimum atomic E-state index is 0.269. The average Bonchev–Trinajstić information content (AvgIpc) is 3.06. The van der Waals surface area contributed by atoms with Gasteiger partial charge in [-0.3, -0.25) is 4.98 Å². The first-order valence-corrected chi connectivity index (χ1v) is 10.4. The summed E-state index contributed by atoms with van der Waals surface area (Å²) in [6.45, 7) is 3.35. The molecular weight excluding hydrogens is 316 g/mol. The normalized spacial score (nSPS) is 15.7. The Morgan fingerprint density at radius 3 is 2.35 bits per heavy atom. The Morgan fingerprint density at radius 1 is 0.846 bits per heavy atom. The van der Waals surface area contributed by atoms with Crippen LogP contribution in [0.4, 0.5) is 0 Å².